The van der Waals surface area contributed by atoms with Gasteiger partial charge in [0, 0.05) is 19.3 Å². The van der Waals surface area contributed by atoms with Gasteiger partial charge in [-0.05, 0) is 141 Å². The normalized spacial score (nSPS) is 13.1. The van der Waals surface area contributed by atoms with Crippen LogP contribution >= 0.6 is 0 Å². The third-order valence-corrected chi connectivity index (χ3v) is 12.8. The summed E-state index contributed by atoms with van der Waals surface area (Å²) in [6, 6.07) is 0. The van der Waals surface area contributed by atoms with Crippen LogP contribution in [0.5, 0.6) is 0 Å². The molecule has 0 fully saturated rings. The molecular weight excluding hydrogens is 949 g/mol. The predicted molar refractivity (Wildman–Crippen MR) is 334 cm³/mol. The SMILES string of the molecule is CC/C=C\C/C=C\C/C=C\C/C=C\C/C=C\CCCCCCCC(=O)OCC(COC(=O)CCCCCC/C=C\C/C=C\C/C=C\C/C=C\CC)OC(=O)CCCCCCCC/C=C\C/C=C\C/C=C\CCCCCCC. The lowest BCUT2D eigenvalue weighted by Gasteiger charge is -2.18. The van der Waals surface area contributed by atoms with Gasteiger partial charge in [0.1, 0.15) is 13.2 Å². The summed E-state index contributed by atoms with van der Waals surface area (Å²) in [6.07, 6.45) is 91.2. The first-order chi connectivity index (χ1) is 38.0. The van der Waals surface area contributed by atoms with Crippen LogP contribution < -0.4 is 0 Å². The van der Waals surface area contributed by atoms with E-state index in [4.69, 9.17) is 14.2 Å². The van der Waals surface area contributed by atoms with Crippen molar-refractivity contribution in [2.45, 2.75) is 271 Å². The molecule has 6 heteroatoms. The van der Waals surface area contributed by atoms with Gasteiger partial charge in [0.25, 0.3) is 0 Å². The van der Waals surface area contributed by atoms with E-state index in [1.165, 1.54) is 51.4 Å². The molecule has 1 atom stereocenters. The molecular formula is C71H114O6. The summed E-state index contributed by atoms with van der Waals surface area (Å²) in [5.41, 5.74) is 0. The monoisotopic (exact) mass is 1060 g/mol. The van der Waals surface area contributed by atoms with Gasteiger partial charge >= 0.3 is 17.9 Å². The number of esters is 3. The Morgan fingerprint density at radius 1 is 0.273 bits per heavy atom. The fourth-order valence-electron chi connectivity index (χ4n) is 8.17. The lowest BCUT2D eigenvalue weighted by atomic mass is 10.1. The standard InChI is InChI=1S/C71H114O6/c1-4-7-10-13-16-19-22-25-28-31-33-35-37-40-43-46-49-52-55-58-61-64-70(73)76-67-68(66-75-69(72)63-60-57-54-51-48-45-42-39-30-27-24-21-18-15-12-9-6-3)77-71(74)65-62-59-56-53-50-47-44-41-38-36-34-32-29-26-23-20-17-14-11-8-5-2/h7,9-10,12,16,18-19,21,23,25-28,30,32-35,38,40-43,45,68H,4-6,8,11,13-15,17,20,22,24,29,31,36-37,39,44,46-67H2,1-3H3/b10-7-,12-9-,19-16-,21-18-,26-23-,28-25-,30-27-,34-32-,35-33-,41-38-,43-40-,45-42-. The van der Waals surface area contributed by atoms with Gasteiger partial charge in [0.2, 0.25) is 0 Å². The Morgan fingerprint density at radius 3 is 0.792 bits per heavy atom. The molecule has 0 aliphatic carbocycles. The van der Waals surface area contributed by atoms with Gasteiger partial charge in [-0.1, -0.05) is 250 Å². The Hall–Kier alpha value is -4.71. The van der Waals surface area contributed by atoms with Crippen molar-refractivity contribution >= 4 is 17.9 Å². The van der Waals surface area contributed by atoms with Crippen LogP contribution in [0.15, 0.2) is 146 Å². The molecule has 0 aliphatic heterocycles. The highest BCUT2D eigenvalue weighted by Gasteiger charge is 2.19. The third-order valence-electron chi connectivity index (χ3n) is 12.8. The zero-order chi connectivity index (χ0) is 55.7. The number of carbonyl (C=O) groups is 3. The minimum Gasteiger partial charge on any atom is -0.462 e. The summed E-state index contributed by atoms with van der Waals surface area (Å²) in [7, 11) is 0. The van der Waals surface area contributed by atoms with E-state index in [1.54, 1.807) is 0 Å². The Labute approximate surface area is 474 Å². The molecule has 0 aromatic heterocycles. The van der Waals surface area contributed by atoms with E-state index in [1.807, 2.05) is 0 Å². The van der Waals surface area contributed by atoms with Crippen LogP contribution in [-0.4, -0.2) is 37.2 Å². The molecule has 434 valence electrons. The average Bonchev–Trinajstić information content (AvgIpc) is 3.43. The average molecular weight is 1060 g/mol. The van der Waals surface area contributed by atoms with Gasteiger partial charge in [0.15, 0.2) is 6.10 Å². The van der Waals surface area contributed by atoms with Gasteiger partial charge in [-0.2, -0.15) is 0 Å². The first-order valence-corrected chi connectivity index (χ1v) is 31.3. The van der Waals surface area contributed by atoms with Gasteiger partial charge in [-0.15, -0.1) is 0 Å². The van der Waals surface area contributed by atoms with Crippen LogP contribution in [0.1, 0.15) is 265 Å². The second-order valence-corrected chi connectivity index (χ2v) is 20.2. The summed E-state index contributed by atoms with van der Waals surface area (Å²) in [5, 5.41) is 0. The van der Waals surface area contributed by atoms with E-state index in [-0.39, 0.29) is 31.1 Å². The molecule has 0 amide bonds. The molecule has 0 bridgehead atoms. The largest absolute Gasteiger partial charge is 0.462 e. The first-order valence-electron chi connectivity index (χ1n) is 31.3. The van der Waals surface area contributed by atoms with Crippen molar-refractivity contribution < 1.29 is 28.6 Å². The fourth-order valence-corrected chi connectivity index (χ4v) is 8.17. The maximum Gasteiger partial charge on any atom is 0.306 e. The number of carbonyl (C=O) groups excluding carboxylic acids is 3. The third kappa shape index (κ3) is 62.0. The Kier molecular flexibility index (Phi) is 59.9. The number of unbranched alkanes of at least 4 members (excludes halogenated alkanes) is 20. The number of hydrogen-bond acceptors (Lipinski definition) is 6. The molecule has 0 aromatic carbocycles. The Bertz CT molecular complexity index is 1700. The summed E-state index contributed by atoms with van der Waals surface area (Å²) in [5.74, 6) is -0.962. The predicted octanol–water partition coefficient (Wildman–Crippen LogP) is 21.5. The number of ether oxygens (including phenoxy) is 3. The van der Waals surface area contributed by atoms with Crippen LogP contribution in [0.3, 0.4) is 0 Å². The second-order valence-electron chi connectivity index (χ2n) is 20.2. The van der Waals surface area contributed by atoms with E-state index >= 15 is 0 Å². The lowest BCUT2D eigenvalue weighted by molar-refractivity contribution is -0.167. The van der Waals surface area contributed by atoms with E-state index in [0.29, 0.717) is 19.3 Å². The quantitative estimate of drug-likeness (QED) is 0.0261. The highest BCUT2D eigenvalue weighted by Crippen LogP contribution is 2.14. The zero-order valence-electron chi connectivity index (χ0n) is 49.7. The fraction of sp³-hybridized carbons (Fsp3) is 0.620. The minimum atomic E-state index is -0.812. The van der Waals surface area contributed by atoms with Crippen molar-refractivity contribution in [2.75, 3.05) is 13.2 Å². The number of hydrogen-bond donors (Lipinski definition) is 0. The highest BCUT2D eigenvalue weighted by atomic mass is 16.6. The van der Waals surface area contributed by atoms with Crippen LogP contribution in [0, 0.1) is 0 Å². The van der Waals surface area contributed by atoms with Crippen molar-refractivity contribution in [3.05, 3.63) is 146 Å². The summed E-state index contributed by atoms with van der Waals surface area (Å²) in [6.45, 7) is 6.35. The van der Waals surface area contributed by atoms with Crippen molar-refractivity contribution in [3.8, 4) is 0 Å². The van der Waals surface area contributed by atoms with E-state index < -0.39 is 6.10 Å². The molecule has 0 rings (SSSR count). The van der Waals surface area contributed by atoms with Crippen LogP contribution in [0.4, 0.5) is 0 Å². The molecule has 0 heterocycles. The Balaban J connectivity index is 4.52. The van der Waals surface area contributed by atoms with Crippen molar-refractivity contribution in [3.63, 3.8) is 0 Å². The molecule has 0 spiro atoms. The highest BCUT2D eigenvalue weighted by molar-refractivity contribution is 5.71. The second kappa shape index (κ2) is 63.8. The molecule has 77 heavy (non-hydrogen) atoms. The van der Waals surface area contributed by atoms with Gasteiger partial charge < -0.3 is 14.2 Å². The van der Waals surface area contributed by atoms with Gasteiger partial charge in [-0.25, -0.2) is 0 Å². The summed E-state index contributed by atoms with van der Waals surface area (Å²) < 4.78 is 16.9. The topological polar surface area (TPSA) is 78.9 Å². The molecule has 0 N–H and O–H groups in total. The van der Waals surface area contributed by atoms with Gasteiger partial charge in [0.05, 0.1) is 0 Å². The van der Waals surface area contributed by atoms with Crippen molar-refractivity contribution in [2.24, 2.45) is 0 Å². The summed E-state index contributed by atoms with van der Waals surface area (Å²) >= 11 is 0. The first kappa shape index (κ1) is 72.3. The van der Waals surface area contributed by atoms with Crippen LogP contribution in [-0.2, 0) is 28.6 Å². The molecule has 1 unspecified atom stereocenters. The van der Waals surface area contributed by atoms with Crippen LogP contribution in [0.2, 0.25) is 0 Å². The van der Waals surface area contributed by atoms with E-state index in [2.05, 4.69) is 167 Å². The minimum absolute atomic E-state index is 0.107. The summed E-state index contributed by atoms with van der Waals surface area (Å²) in [4.78, 5) is 38.3. The number of rotatable bonds is 55. The Morgan fingerprint density at radius 2 is 0.506 bits per heavy atom. The van der Waals surface area contributed by atoms with Crippen LogP contribution in [0.25, 0.3) is 0 Å². The van der Waals surface area contributed by atoms with Crippen molar-refractivity contribution in [1.82, 2.24) is 0 Å². The van der Waals surface area contributed by atoms with Gasteiger partial charge in [-0.3, -0.25) is 14.4 Å². The zero-order valence-corrected chi connectivity index (χ0v) is 49.7. The van der Waals surface area contributed by atoms with E-state index in [9.17, 15) is 14.4 Å². The number of allylic oxidation sites excluding steroid dienone is 24. The molecule has 0 aliphatic rings. The molecule has 0 saturated heterocycles. The van der Waals surface area contributed by atoms with E-state index in [0.717, 1.165) is 173 Å². The molecule has 0 saturated carbocycles. The molecule has 6 nitrogen and oxygen atoms in total. The van der Waals surface area contributed by atoms with Crippen molar-refractivity contribution in [1.29, 1.82) is 0 Å². The maximum absolute atomic E-state index is 12.9. The lowest BCUT2D eigenvalue weighted by Crippen LogP contribution is -2.30. The maximum atomic E-state index is 12.9. The molecule has 0 radical (unpaired) electrons. The molecule has 0 aromatic rings. The smallest absolute Gasteiger partial charge is 0.306 e.